The number of piperidine rings is 1. The van der Waals surface area contributed by atoms with Gasteiger partial charge in [-0.1, -0.05) is 59.8 Å². The van der Waals surface area contributed by atoms with Gasteiger partial charge in [-0.05, 0) is 30.5 Å². The summed E-state index contributed by atoms with van der Waals surface area (Å²) in [7, 11) is 0. The normalized spacial score (nSPS) is 23.5. The van der Waals surface area contributed by atoms with Crippen molar-refractivity contribution in [1.29, 1.82) is 0 Å². The summed E-state index contributed by atoms with van der Waals surface area (Å²) < 4.78 is 0. The molecule has 0 spiro atoms. The Labute approximate surface area is 165 Å². The fourth-order valence-corrected chi connectivity index (χ4v) is 4.30. The number of hydrogen-bond acceptors (Lipinski definition) is 4. The Hall–Kier alpha value is -2.66. The number of aliphatic carboxylic acids is 1. The maximum Gasteiger partial charge on any atom is 0.307 e. The van der Waals surface area contributed by atoms with Crippen LogP contribution in [0.5, 0.6) is 0 Å². The monoisotopic (exact) mass is 378 g/mol. The Morgan fingerprint density at radius 2 is 1.93 bits per heavy atom. The molecule has 4 rings (SSSR count). The highest BCUT2D eigenvalue weighted by Gasteiger charge is 2.29. The lowest BCUT2D eigenvalue weighted by Gasteiger charge is -2.29. The summed E-state index contributed by atoms with van der Waals surface area (Å²) >= 11 is 0. The summed E-state index contributed by atoms with van der Waals surface area (Å²) in [5.41, 5.74) is 4.76. The summed E-state index contributed by atoms with van der Waals surface area (Å²) in [5, 5.41) is 13.7. The third-order valence-corrected chi connectivity index (χ3v) is 5.77. The molecule has 2 atom stereocenters. The number of carboxylic acid groups (broad SMARTS) is 1. The molecule has 1 saturated heterocycles. The second kappa shape index (κ2) is 8.57. The van der Waals surface area contributed by atoms with Crippen molar-refractivity contribution >= 4 is 11.7 Å². The maximum absolute atomic E-state index is 11.2. The summed E-state index contributed by atoms with van der Waals surface area (Å²) in [6.07, 6.45) is 2.54. The van der Waals surface area contributed by atoms with E-state index in [-0.39, 0.29) is 5.92 Å². The smallest absolute Gasteiger partial charge is 0.307 e. The topological polar surface area (TPSA) is 62.1 Å². The Kier molecular flexibility index (Phi) is 5.72. The highest BCUT2D eigenvalue weighted by molar-refractivity contribution is 6.05. The summed E-state index contributed by atoms with van der Waals surface area (Å²) in [4.78, 5) is 19.0. The number of likely N-dealkylation sites (tertiary alicyclic amines) is 1. The SMILES string of the molecule is O=C(O)[C@@H]1CCCN(CCO/N=C2/CC(c3ccccc3)c3ccccc32)C1. The largest absolute Gasteiger partial charge is 0.481 e. The van der Waals surface area contributed by atoms with Crippen molar-refractivity contribution in [3.05, 3.63) is 71.3 Å². The third-order valence-electron chi connectivity index (χ3n) is 5.77. The molecule has 1 aliphatic heterocycles. The van der Waals surface area contributed by atoms with Gasteiger partial charge in [0.2, 0.25) is 0 Å². The molecule has 1 N–H and O–H groups in total. The average molecular weight is 378 g/mol. The molecule has 2 aliphatic rings. The van der Waals surface area contributed by atoms with Crippen LogP contribution in [0.15, 0.2) is 59.8 Å². The Morgan fingerprint density at radius 1 is 1.14 bits per heavy atom. The van der Waals surface area contributed by atoms with Crippen LogP contribution < -0.4 is 0 Å². The Bertz CT molecular complexity index is 850. The zero-order chi connectivity index (χ0) is 19.3. The van der Waals surface area contributed by atoms with Gasteiger partial charge in [0.15, 0.2) is 0 Å². The van der Waals surface area contributed by atoms with E-state index in [0.29, 0.717) is 25.6 Å². The van der Waals surface area contributed by atoms with Crippen LogP contribution in [-0.2, 0) is 9.63 Å². The van der Waals surface area contributed by atoms with Crippen molar-refractivity contribution in [3.8, 4) is 0 Å². The van der Waals surface area contributed by atoms with E-state index in [1.807, 2.05) is 12.1 Å². The Balaban J connectivity index is 1.38. The number of fused-ring (bicyclic) bond motifs is 1. The molecule has 0 radical (unpaired) electrons. The van der Waals surface area contributed by atoms with E-state index in [2.05, 4.69) is 52.5 Å². The summed E-state index contributed by atoms with van der Waals surface area (Å²) in [6, 6.07) is 18.9. The van der Waals surface area contributed by atoms with Crippen molar-refractivity contribution in [2.24, 2.45) is 11.1 Å². The molecule has 1 heterocycles. The lowest BCUT2D eigenvalue weighted by atomic mass is 9.93. The van der Waals surface area contributed by atoms with Crippen LogP contribution in [0.25, 0.3) is 0 Å². The minimum atomic E-state index is -0.694. The number of oxime groups is 1. The van der Waals surface area contributed by atoms with Crippen LogP contribution in [0.2, 0.25) is 0 Å². The van der Waals surface area contributed by atoms with Gasteiger partial charge >= 0.3 is 5.97 Å². The minimum absolute atomic E-state index is 0.256. The molecule has 28 heavy (non-hydrogen) atoms. The first-order valence-electron chi connectivity index (χ1n) is 10.0. The number of hydrogen-bond donors (Lipinski definition) is 1. The van der Waals surface area contributed by atoms with Gasteiger partial charge in [-0.15, -0.1) is 0 Å². The average Bonchev–Trinajstić information content (AvgIpc) is 3.11. The standard InChI is InChI=1S/C23H26N2O3/c26-23(27)18-9-6-12-25(16-18)13-14-28-24-22-15-21(17-7-2-1-3-8-17)19-10-4-5-11-20(19)22/h1-5,7-8,10-11,18,21H,6,9,12-16H2,(H,26,27)/b24-22-/t18-,21?/m1/s1. The summed E-state index contributed by atoms with van der Waals surface area (Å²) in [5.74, 6) is -0.632. The Morgan fingerprint density at radius 3 is 2.75 bits per heavy atom. The molecule has 5 nitrogen and oxygen atoms in total. The van der Waals surface area contributed by atoms with Crippen LogP contribution in [0.1, 0.15) is 41.9 Å². The van der Waals surface area contributed by atoms with Gasteiger partial charge in [-0.2, -0.15) is 0 Å². The predicted molar refractivity (Wildman–Crippen MR) is 109 cm³/mol. The lowest BCUT2D eigenvalue weighted by Crippen LogP contribution is -2.40. The van der Waals surface area contributed by atoms with Crippen LogP contribution in [0.4, 0.5) is 0 Å². The minimum Gasteiger partial charge on any atom is -0.481 e. The molecule has 0 saturated carbocycles. The van der Waals surface area contributed by atoms with Crippen LogP contribution in [-0.4, -0.2) is 47.9 Å². The lowest BCUT2D eigenvalue weighted by molar-refractivity contribution is -0.143. The molecule has 1 unspecified atom stereocenters. The van der Waals surface area contributed by atoms with Gasteiger partial charge in [0.1, 0.15) is 6.61 Å². The van der Waals surface area contributed by atoms with E-state index in [0.717, 1.165) is 31.5 Å². The molecule has 0 aromatic heterocycles. The summed E-state index contributed by atoms with van der Waals surface area (Å²) in [6.45, 7) is 2.73. The fraction of sp³-hybridized carbons (Fsp3) is 0.391. The van der Waals surface area contributed by atoms with Gasteiger partial charge < -0.3 is 9.94 Å². The number of carboxylic acids is 1. The first-order valence-corrected chi connectivity index (χ1v) is 10.0. The molecule has 0 amide bonds. The van der Waals surface area contributed by atoms with Gasteiger partial charge in [-0.3, -0.25) is 9.69 Å². The maximum atomic E-state index is 11.2. The molecule has 2 aromatic rings. The molecule has 1 fully saturated rings. The zero-order valence-corrected chi connectivity index (χ0v) is 16.0. The second-order valence-electron chi connectivity index (χ2n) is 7.60. The van der Waals surface area contributed by atoms with Crippen molar-refractivity contribution in [2.75, 3.05) is 26.2 Å². The number of nitrogens with zero attached hydrogens (tertiary/aromatic N) is 2. The molecule has 5 heteroatoms. The highest BCUT2D eigenvalue weighted by atomic mass is 16.6. The molecule has 2 aromatic carbocycles. The molecule has 0 bridgehead atoms. The number of benzene rings is 2. The predicted octanol–water partition coefficient (Wildman–Crippen LogP) is 3.74. The van der Waals surface area contributed by atoms with E-state index < -0.39 is 5.97 Å². The van der Waals surface area contributed by atoms with Gasteiger partial charge in [-0.25, -0.2) is 0 Å². The van der Waals surface area contributed by atoms with Crippen molar-refractivity contribution < 1.29 is 14.7 Å². The molecule has 1 aliphatic carbocycles. The zero-order valence-electron chi connectivity index (χ0n) is 16.0. The van der Waals surface area contributed by atoms with Crippen LogP contribution in [0, 0.1) is 5.92 Å². The van der Waals surface area contributed by atoms with Gasteiger partial charge in [0, 0.05) is 31.0 Å². The van der Waals surface area contributed by atoms with E-state index in [4.69, 9.17) is 4.84 Å². The van der Waals surface area contributed by atoms with E-state index >= 15 is 0 Å². The van der Waals surface area contributed by atoms with E-state index in [9.17, 15) is 9.90 Å². The highest BCUT2D eigenvalue weighted by Crippen LogP contribution is 2.38. The van der Waals surface area contributed by atoms with Crippen molar-refractivity contribution in [2.45, 2.75) is 25.2 Å². The van der Waals surface area contributed by atoms with Crippen molar-refractivity contribution in [1.82, 2.24) is 4.90 Å². The van der Waals surface area contributed by atoms with E-state index in [1.54, 1.807) is 0 Å². The van der Waals surface area contributed by atoms with Gasteiger partial charge in [0.25, 0.3) is 0 Å². The second-order valence-corrected chi connectivity index (χ2v) is 7.60. The third kappa shape index (κ3) is 4.09. The molecular weight excluding hydrogens is 352 g/mol. The van der Waals surface area contributed by atoms with E-state index in [1.165, 1.54) is 16.7 Å². The van der Waals surface area contributed by atoms with Gasteiger partial charge in [0.05, 0.1) is 11.6 Å². The van der Waals surface area contributed by atoms with Crippen molar-refractivity contribution in [3.63, 3.8) is 0 Å². The fourth-order valence-electron chi connectivity index (χ4n) is 4.30. The first kappa shape index (κ1) is 18.7. The quantitative estimate of drug-likeness (QED) is 0.614. The molecular formula is C23H26N2O3. The number of carbonyl (C=O) groups is 1. The molecule has 146 valence electrons. The first-order chi connectivity index (χ1) is 13.7. The van der Waals surface area contributed by atoms with Crippen LogP contribution in [0.3, 0.4) is 0 Å². The van der Waals surface area contributed by atoms with Crippen LogP contribution >= 0.6 is 0 Å². The number of rotatable bonds is 6.